The monoisotopic (exact) mass is 967 g/mol. The molecule has 0 heterocycles. The Kier molecular flexibility index (Phi) is 11.3. The van der Waals surface area contributed by atoms with E-state index in [1.807, 2.05) is 0 Å². The van der Waals surface area contributed by atoms with Crippen LogP contribution in [0, 0.1) is 0 Å². The molecule has 1 nitrogen and oxygen atoms in total. The average molecular weight is 968 g/mol. The molecule has 1 heteroatoms. The Morgan fingerprint density at radius 3 is 1.17 bits per heavy atom. The summed E-state index contributed by atoms with van der Waals surface area (Å²) in [6.07, 6.45) is 1.61. The predicted octanol–water partition coefficient (Wildman–Crippen LogP) is 19.3. The lowest BCUT2D eigenvalue weighted by Gasteiger charge is -2.35. The van der Waals surface area contributed by atoms with Crippen LogP contribution in [0.15, 0.2) is 297 Å². The van der Waals surface area contributed by atoms with Gasteiger partial charge >= 0.3 is 0 Å². The molecule has 0 spiro atoms. The molecule has 0 aliphatic heterocycles. The van der Waals surface area contributed by atoms with Crippen LogP contribution in [-0.4, -0.2) is 0 Å². The van der Waals surface area contributed by atoms with Crippen molar-refractivity contribution in [2.75, 3.05) is 4.90 Å². The summed E-state index contributed by atoms with van der Waals surface area (Å²) in [7, 11) is 0. The molecule has 0 N–H and O–H groups in total. The SMILES string of the molecule is c1ccc(-c2cc(-c3ccccc3)cc(N(c3ccc4c(c3)Cc3ccccc3-c3ccccc3Cc3ccccc3-4)c3ccc4c(c3)C(c3ccccc3)(c3ccccc3)c3cccc(-c5ccccc5)c3-4)c2)cc1. The Morgan fingerprint density at radius 1 is 0.237 bits per heavy atom. The molecule has 12 aromatic carbocycles. The van der Waals surface area contributed by atoms with Crippen molar-refractivity contribution in [3.63, 3.8) is 0 Å². The highest BCUT2D eigenvalue weighted by Crippen LogP contribution is 2.59. The van der Waals surface area contributed by atoms with Crippen LogP contribution >= 0.6 is 0 Å². The van der Waals surface area contributed by atoms with E-state index in [1.165, 1.54) is 100 Å². The van der Waals surface area contributed by atoms with E-state index in [2.05, 4.69) is 302 Å². The van der Waals surface area contributed by atoms with E-state index in [1.54, 1.807) is 0 Å². The molecule has 0 amide bonds. The van der Waals surface area contributed by atoms with E-state index in [0.717, 1.165) is 41.0 Å². The van der Waals surface area contributed by atoms with Crippen molar-refractivity contribution in [2.45, 2.75) is 18.3 Å². The molecule has 0 saturated heterocycles. The Labute approximate surface area is 446 Å². The normalized spacial score (nSPS) is 12.7. The molecule has 0 aromatic heterocycles. The van der Waals surface area contributed by atoms with E-state index in [4.69, 9.17) is 0 Å². The zero-order chi connectivity index (χ0) is 50.4. The summed E-state index contributed by atoms with van der Waals surface area (Å²) >= 11 is 0. The van der Waals surface area contributed by atoms with Crippen molar-refractivity contribution < 1.29 is 0 Å². The first-order valence-corrected chi connectivity index (χ1v) is 26.6. The highest BCUT2D eigenvalue weighted by Gasteiger charge is 2.47. The van der Waals surface area contributed by atoms with Crippen LogP contribution in [0.3, 0.4) is 0 Å². The lowest BCUT2D eigenvalue weighted by atomic mass is 9.67. The van der Waals surface area contributed by atoms with Gasteiger partial charge in [0.05, 0.1) is 5.41 Å². The number of rotatable bonds is 8. The molecule has 0 unspecified atom stereocenters. The third-order valence-electron chi connectivity index (χ3n) is 16.0. The van der Waals surface area contributed by atoms with E-state index in [0.29, 0.717) is 0 Å². The first kappa shape index (κ1) is 45.1. The van der Waals surface area contributed by atoms with Crippen LogP contribution < -0.4 is 4.90 Å². The number of nitrogens with zero attached hydrogens (tertiary/aromatic N) is 1. The lowest BCUT2D eigenvalue weighted by Crippen LogP contribution is -2.28. The average Bonchev–Trinajstić information content (AvgIpc) is 4.03. The molecular weight excluding hydrogens is 915 g/mol. The van der Waals surface area contributed by atoms with Gasteiger partial charge in [0.1, 0.15) is 0 Å². The molecule has 0 saturated carbocycles. The number of anilines is 3. The molecule has 0 fully saturated rings. The van der Waals surface area contributed by atoms with Crippen LogP contribution in [-0.2, 0) is 18.3 Å². The van der Waals surface area contributed by atoms with Gasteiger partial charge in [-0.05, 0) is 167 Å². The smallest absolute Gasteiger partial charge is 0.0714 e. The van der Waals surface area contributed by atoms with Gasteiger partial charge in [0.2, 0.25) is 0 Å². The number of fused-ring (bicyclic) bond motifs is 9. The number of benzene rings is 12. The minimum absolute atomic E-state index is 0.632. The first-order chi connectivity index (χ1) is 37.7. The highest BCUT2D eigenvalue weighted by molar-refractivity contribution is 5.97. The third-order valence-corrected chi connectivity index (χ3v) is 16.0. The second-order valence-corrected chi connectivity index (χ2v) is 20.3. The molecule has 76 heavy (non-hydrogen) atoms. The Balaban J connectivity index is 1.06. The van der Waals surface area contributed by atoms with Crippen molar-refractivity contribution in [3.8, 4) is 66.8 Å². The lowest BCUT2D eigenvalue weighted by molar-refractivity contribution is 0.768. The van der Waals surface area contributed by atoms with Gasteiger partial charge in [-0.25, -0.2) is 0 Å². The maximum absolute atomic E-state index is 2.53. The fourth-order valence-corrected chi connectivity index (χ4v) is 12.7. The molecule has 0 atom stereocenters. The summed E-state index contributed by atoms with van der Waals surface area (Å²) in [6.45, 7) is 0. The fraction of sp³-hybridized carbons (Fsp3) is 0.0400. The van der Waals surface area contributed by atoms with Gasteiger partial charge in [0.15, 0.2) is 0 Å². The van der Waals surface area contributed by atoms with Crippen LogP contribution in [0.5, 0.6) is 0 Å². The zero-order valence-corrected chi connectivity index (χ0v) is 42.2. The quantitative estimate of drug-likeness (QED) is 0.147. The minimum Gasteiger partial charge on any atom is -0.310 e. The minimum atomic E-state index is -0.632. The molecule has 358 valence electrons. The molecule has 2 aliphatic carbocycles. The maximum Gasteiger partial charge on any atom is 0.0714 e. The number of hydrogen-bond donors (Lipinski definition) is 0. The van der Waals surface area contributed by atoms with Crippen LogP contribution in [0.1, 0.15) is 44.5 Å². The largest absolute Gasteiger partial charge is 0.310 e. The second-order valence-electron chi connectivity index (χ2n) is 20.3. The third kappa shape index (κ3) is 7.71. The fourth-order valence-electron chi connectivity index (χ4n) is 12.7. The topological polar surface area (TPSA) is 3.24 Å². The summed E-state index contributed by atoms with van der Waals surface area (Å²) in [6, 6.07) is 111. The Hall–Kier alpha value is -9.56. The summed E-state index contributed by atoms with van der Waals surface area (Å²) in [5, 5.41) is 0. The van der Waals surface area contributed by atoms with Gasteiger partial charge in [0.25, 0.3) is 0 Å². The molecular formula is C75H53N. The van der Waals surface area contributed by atoms with Gasteiger partial charge in [-0.15, -0.1) is 0 Å². The summed E-state index contributed by atoms with van der Waals surface area (Å²) < 4.78 is 0. The van der Waals surface area contributed by atoms with E-state index < -0.39 is 5.41 Å². The van der Waals surface area contributed by atoms with Crippen LogP contribution in [0.4, 0.5) is 17.1 Å². The van der Waals surface area contributed by atoms with Crippen molar-refractivity contribution >= 4 is 17.1 Å². The van der Waals surface area contributed by atoms with Crippen molar-refractivity contribution in [1.29, 1.82) is 0 Å². The first-order valence-electron chi connectivity index (χ1n) is 26.6. The summed E-state index contributed by atoms with van der Waals surface area (Å²) in [5.41, 5.74) is 27.7. The predicted molar refractivity (Wildman–Crippen MR) is 318 cm³/mol. The van der Waals surface area contributed by atoms with Gasteiger partial charge in [-0.3, -0.25) is 0 Å². The molecule has 12 aromatic rings. The molecule has 0 bridgehead atoms. The summed E-state index contributed by atoms with van der Waals surface area (Å²) in [4.78, 5) is 2.53. The van der Waals surface area contributed by atoms with E-state index in [-0.39, 0.29) is 0 Å². The highest BCUT2D eigenvalue weighted by atomic mass is 15.1. The van der Waals surface area contributed by atoms with Crippen LogP contribution in [0.25, 0.3) is 66.8 Å². The summed E-state index contributed by atoms with van der Waals surface area (Å²) in [5.74, 6) is 0. The molecule has 0 radical (unpaired) electrons. The van der Waals surface area contributed by atoms with Gasteiger partial charge < -0.3 is 4.90 Å². The Morgan fingerprint density at radius 2 is 0.645 bits per heavy atom. The van der Waals surface area contributed by atoms with E-state index >= 15 is 0 Å². The van der Waals surface area contributed by atoms with E-state index in [9.17, 15) is 0 Å². The molecule has 14 rings (SSSR count). The number of hydrogen-bond acceptors (Lipinski definition) is 1. The maximum atomic E-state index is 2.53. The molecule has 2 aliphatic rings. The standard InChI is InChI=1S/C75H53N/c1-6-23-52(24-7-1)58-47-59(53-25-8-2-9-26-53)49-65(48-58)76(63-41-43-69-60(50-63)46-57-31-18-20-37-67(57)66-36-19-16-29-55(66)45-56-30-17-21-38-68(56)69)64-42-44-71-73(51-64)75(61-32-12-4-13-33-61,62-34-14-5-15-35-62)72-40-22-39-70(74(71)72)54-27-10-3-11-28-54/h1-44,47-51H,45-46H2. The van der Waals surface area contributed by atoms with Gasteiger partial charge in [-0.2, -0.15) is 0 Å². The van der Waals surface area contributed by atoms with Gasteiger partial charge in [-0.1, -0.05) is 255 Å². The van der Waals surface area contributed by atoms with Crippen molar-refractivity contribution in [1.82, 2.24) is 0 Å². The van der Waals surface area contributed by atoms with Gasteiger partial charge in [0, 0.05) is 17.1 Å². The zero-order valence-electron chi connectivity index (χ0n) is 42.2. The van der Waals surface area contributed by atoms with Crippen LogP contribution in [0.2, 0.25) is 0 Å². The second kappa shape index (κ2) is 19.0. The van der Waals surface area contributed by atoms with Crippen molar-refractivity contribution in [2.24, 2.45) is 0 Å². The Bertz CT molecular complexity index is 3990. The van der Waals surface area contributed by atoms with Crippen molar-refractivity contribution in [3.05, 3.63) is 342 Å².